The van der Waals surface area contributed by atoms with Crippen LogP contribution in [0.4, 0.5) is 11.4 Å². The molecule has 0 spiro atoms. The number of nitrogens with one attached hydrogen (secondary N) is 1. The number of nitrogens with zero attached hydrogens (tertiary/aromatic N) is 2. The maximum atomic E-state index is 12.7. The Morgan fingerprint density at radius 2 is 1.82 bits per heavy atom. The van der Waals surface area contributed by atoms with Gasteiger partial charge in [-0.15, -0.1) is 0 Å². The number of hydrogen-bond acceptors (Lipinski definition) is 4. The van der Waals surface area contributed by atoms with Gasteiger partial charge in [-0.2, -0.15) is 0 Å². The summed E-state index contributed by atoms with van der Waals surface area (Å²) < 4.78 is 0. The number of aromatic nitrogens is 1. The van der Waals surface area contributed by atoms with Crippen molar-refractivity contribution in [3.8, 4) is 0 Å². The van der Waals surface area contributed by atoms with Crippen LogP contribution in [-0.4, -0.2) is 22.7 Å². The number of anilines is 2. The minimum atomic E-state index is -0.458. The lowest BCUT2D eigenvalue weighted by atomic mass is 10.1. The first-order chi connectivity index (χ1) is 10.5. The minimum Gasteiger partial charge on any atom is -0.324 e. The van der Waals surface area contributed by atoms with Gasteiger partial charge in [-0.05, 0) is 19.1 Å². The molecule has 1 aromatic carbocycles. The molecule has 1 aliphatic rings. The molecule has 6 heteroatoms. The summed E-state index contributed by atoms with van der Waals surface area (Å²) in [5.74, 6) is -1.22. The van der Waals surface area contributed by atoms with E-state index in [9.17, 15) is 14.4 Å². The topological polar surface area (TPSA) is 79.4 Å². The molecule has 0 aliphatic carbocycles. The second-order valence-electron chi connectivity index (χ2n) is 4.97. The van der Waals surface area contributed by atoms with E-state index in [1.807, 2.05) is 0 Å². The van der Waals surface area contributed by atoms with Gasteiger partial charge in [-0.1, -0.05) is 18.2 Å². The first kappa shape index (κ1) is 13.9. The highest BCUT2D eigenvalue weighted by molar-refractivity contribution is 6.36. The smallest absolute Gasteiger partial charge is 0.268 e. The predicted molar refractivity (Wildman–Crippen MR) is 80.9 cm³/mol. The largest absolute Gasteiger partial charge is 0.324 e. The Labute approximate surface area is 126 Å². The molecule has 0 atom stereocenters. The molecule has 2 aromatic rings. The van der Waals surface area contributed by atoms with Crippen LogP contribution in [0.25, 0.3) is 0 Å². The van der Waals surface area contributed by atoms with Crippen LogP contribution in [0.1, 0.15) is 33.3 Å². The first-order valence-corrected chi connectivity index (χ1v) is 6.71. The van der Waals surface area contributed by atoms with Gasteiger partial charge < -0.3 is 5.32 Å². The number of pyridine rings is 1. The summed E-state index contributed by atoms with van der Waals surface area (Å²) in [5, 5.41) is 2.60. The van der Waals surface area contributed by atoms with Gasteiger partial charge in [0.25, 0.3) is 11.8 Å². The van der Waals surface area contributed by atoms with E-state index in [-0.39, 0.29) is 17.0 Å². The highest BCUT2D eigenvalue weighted by atomic mass is 16.2. The van der Waals surface area contributed by atoms with Gasteiger partial charge in [0.2, 0.25) is 5.91 Å². The number of para-hydroxylation sites is 1. The Kier molecular flexibility index (Phi) is 3.21. The molecule has 3 amide bonds. The summed E-state index contributed by atoms with van der Waals surface area (Å²) in [6, 6.07) is 8.66. The van der Waals surface area contributed by atoms with Crippen LogP contribution in [0.15, 0.2) is 36.5 Å². The normalized spacial score (nSPS) is 13.3. The number of hydrogen-bond donors (Lipinski definition) is 1. The van der Waals surface area contributed by atoms with Crippen LogP contribution in [-0.2, 0) is 4.79 Å². The standard InChI is InChI=1S/C16H13N3O3/c1-9-14(18-10(2)20)13-12(8-17-9)15(21)19(16(13)22)11-6-4-3-5-7-11/h3-8H,1-2H3,(H,18,20). The summed E-state index contributed by atoms with van der Waals surface area (Å²) in [6.45, 7) is 3.02. The van der Waals surface area contributed by atoms with Crippen LogP contribution in [0.5, 0.6) is 0 Å². The van der Waals surface area contributed by atoms with Crippen LogP contribution >= 0.6 is 0 Å². The number of imide groups is 1. The maximum Gasteiger partial charge on any atom is 0.268 e. The summed E-state index contributed by atoms with van der Waals surface area (Å²) in [6.07, 6.45) is 1.37. The van der Waals surface area contributed by atoms with E-state index in [0.717, 1.165) is 4.90 Å². The number of aryl methyl sites for hydroxylation is 1. The lowest BCUT2D eigenvalue weighted by molar-refractivity contribution is -0.114. The molecular formula is C16H13N3O3. The molecule has 0 unspecified atom stereocenters. The Morgan fingerprint density at radius 3 is 2.45 bits per heavy atom. The molecule has 3 rings (SSSR count). The maximum absolute atomic E-state index is 12.7. The molecular weight excluding hydrogens is 282 g/mol. The van der Waals surface area contributed by atoms with Gasteiger partial charge in [-0.25, -0.2) is 4.90 Å². The summed E-state index contributed by atoms with van der Waals surface area (Å²) in [4.78, 5) is 41.8. The first-order valence-electron chi connectivity index (χ1n) is 6.71. The SMILES string of the molecule is CC(=O)Nc1c(C)ncc2c1C(=O)N(c1ccccc1)C2=O. The van der Waals surface area contributed by atoms with Crippen LogP contribution in [0.2, 0.25) is 0 Å². The zero-order valence-electron chi connectivity index (χ0n) is 12.1. The van der Waals surface area contributed by atoms with Crippen molar-refractivity contribution in [2.75, 3.05) is 10.2 Å². The van der Waals surface area contributed by atoms with Crippen molar-refractivity contribution in [1.82, 2.24) is 4.98 Å². The fourth-order valence-electron chi connectivity index (χ4n) is 2.46. The Morgan fingerprint density at radius 1 is 1.14 bits per heavy atom. The van der Waals surface area contributed by atoms with Gasteiger partial charge in [0.05, 0.1) is 28.2 Å². The van der Waals surface area contributed by atoms with Crippen molar-refractivity contribution in [2.24, 2.45) is 0 Å². The Balaban J connectivity index is 2.16. The third-order valence-electron chi connectivity index (χ3n) is 3.43. The van der Waals surface area contributed by atoms with Gasteiger partial charge in [0, 0.05) is 13.1 Å². The number of carbonyl (C=O) groups is 3. The van der Waals surface area contributed by atoms with E-state index in [0.29, 0.717) is 17.1 Å². The lowest BCUT2D eigenvalue weighted by Crippen LogP contribution is -2.29. The zero-order valence-corrected chi connectivity index (χ0v) is 12.1. The third kappa shape index (κ3) is 2.05. The molecule has 1 aromatic heterocycles. The monoisotopic (exact) mass is 295 g/mol. The highest BCUT2D eigenvalue weighted by Crippen LogP contribution is 2.33. The Hall–Kier alpha value is -3.02. The number of amides is 3. The van der Waals surface area contributed by atoms with Crippen molar-refractivity contribution in [3.05, 3.63) is 53.3 Å². The van der Waals surface area contributed by atoms with Crippen LogP contribution in [0, 0.1) is 6.92 Å². The van der Waals surface area contributed by atoms with E-state index in [4.69, 9.17) is 0 Å². The molecule has 1 aliphatic heterocycles. The number of rotatable bonds is 2. The zero-order chi connectivity index (χ0) is 15.9. The molecule has 0 saturated carbocycles. The molecule has 110 valence electrons. The van der Waals surface area contributed by atoms with E-state index < -0.39 is 11.8 Å². The molecule has 0 saturated heterocycles. The van der Waals surface area contributed by atoms with Gasteiger partial charge in [0.1, 0.15) is 0 Å². The molecule has 2 heterocycles. The highest BCUT2D eigenvalue weighted by Gasteiger charge is 2.39. The van der Waals surface area contributed by atoms with E-state index in [1.165, 1.54) is 13.1 Å². The van der Waals surface area contributed by atoms with Gasteiger partial charge >= 0.3 is 0 Å². The van der Waals surface area contributed by atoms with E-state index in [2.05, 4.69) is 10.3 Å². The summed E-state index contributed by atoms with van der Waals surface area (Å²) >= 11 is 0. The third-order valence-corrected chi connectivity index (χ3v) is 3.43. The number of carbonyl (C=O) groups excluding carboxylic acids is 3. The lowest BCUT2D eigenvalue weighted by Gasteiger charge is -2.13. The average Bonchev–Trinajstić information content (AvgIpc) is 2.74. The number of fused-ring (bicyclic) bond motifs is 1. The second kappa shape index (κ2) is 5.07. The second-order valence-corrected chi connectivity index (χ2v) is 4.97. The fraction of sp³-hybridized carbons (Fsp3) is 0.125. The molecule has 1 N–H and O–H groups in total. The average molecular weight is 295 g/mol. The fourth-order valence-corrected chi connectivity index (χ4v) is 2.46. The predicted octanol–water partition coefficient (Wildman–Crippen LogP) is 2.15. The van der Waals surface area contributed by atoms with Gasteiger partial charge in [0.15, 0.2) is 0 Å². The summed E-state index contributed by atoms with van der Waals surface area (Å²) in [7, 11) is 0. The molecule has 0 radical (unpaired) electrons. The van der Waals surface area contributed by atoms with E-state index >= 15 is 0 Å². The van der Waals surface area contributed by atoms with Crippen LogP contribution in [0.3, 0.4) is 0 Å². The van der Waals surface area contributed by atoms with Crippen molar-refractivity contribution in [1.29, 1.82) is 0 Å². The van der Waals surface area contributed by atoms with Crippen molar-refractivity contribution < 1.29 is 14.4 Å². The van der Waals surface area contributed by atoms with Gasteiger partial charge in [-0.3, -0.25) is 19.4 Å². The molecule has 22 heavy (non-hydrogen) atoms. The summed E-state index contributed by atoms with van der Waals surface area (Å²) in [5.41, 5.74) is 1.66. The van der Waals surface area contributed by atoms with Crippen molar-refractivity contribution >= 4 is 29.1 Å². The van der Waals surface area contributed by atoms with Crippen LogP contribution < -0.4 is 10.2 Å². The number of benzene rings is 1. The van der Waals surface area contributed by atoms with E-state index in [1.54, 1.807) is 37.3 Å². The minimum absolute atomic E-state index is 0.191. The molecule has 6 nitrogen and oxygen atoms in total. The van der Waals surface area contributed by atoms with Crippen molar-refractivity contribution in [2.45, 2.75) is 13.8 Å². The molecule has 0 fully saturated rings. The Bertz CT molecular complexity index is 800. The van der Waals surface area contributed by atoms with Crippen molar-refractivity contribution in [3.63, 3.8) is 0 Å². The molecule has 0 bridgehead atoms. The quantitative estimate of drug-likeness (QED) is 0.861.